The van der Waals surface area contributed by atoms with Gasteiger partial charge in [-0.25, -0.2) is 4.79 Å². The molecule has 2 aliphatic rings. The number of carbonyl (C=O) groups excluding carboxylic acids is 1. The Morgan fingerprint density at radius 2 is 1.96 bits per heavy atom. The van der Waals surface area contributed by atoms with Crippen LogP contribution >= 0.6 is 0 Å². The molecule has 0 aliphatic carbocycles. The second-order valence-corrected chi connectivity index (χ2v) is 7.44. The van der Waals surface area contributed by atoms with Crippen LogP contribution in [0.4, 0.5) is 10.5 Å². The Labute approximate surface area is 154 Å². The highest BCUT2D eigenvalue weighted by atomic mass is 16.7. The Kier molecular flexibility index (Phi) is 4.11. The van der Waals surface area contributed by atoms with Gasteiger partial charge in [-0.05, 0) is 42.8 Å². The molecule has 2 heterocycles. The first-order valence-electron chi connectivity index (χ1n) is 8.95. The van der Waals surface area contributed by atoms with Crippen molar-refractivity contribution in [2.45, 2.75) is 31.5 Å². The van der Waals surface area contributed by atoms with Crippen LogP contribution in [0.25, 0.3) is 0 Å². The van der Waals surface area contributed by atoms with E-state index in [9.17, 15) is 4.79 Å². The summed E-state index contributed by atoms with van der Waals surface area (Å²) in [5.41, 5.74) is 3.42. The highest BCUT2D eigenvalue weighted by Crippen LogP contribution is 2.51. The number of anilines is 1. The molecule has 0 radical (unpaired) electrons. The van der Waals surface area contributed by atoms with Crippen molar-refractivity contribution >= 4 is 11.8 Å². The fraction of sp³-hybridized carbons (Fsp3) is 0.381. The molecule has 0 spiro atoms. The van der Waals surface area contributed by atoms with E-state index in [1.165, 1.54) is 11.3 Å². The van der Waals surface area contributed by atoms with Crippen LogP contribution < -0.4 is 9.64 Å². The monoisotopic (exact) mass is 352 g/mol. The number of hydrogen-bond donors (Lipinski definition) is 0. The third-order valence-electron chi connectivity index (χ3n) is 5.70. The second-order valence-electron chi connectivity index (χ2n) is 7.44. The first kappa shape index (κ1) is 16.9. The van der Waals surface area contributed by atoms with Crippen molar-refractivity contribution in [3.63, 3.8) is 0 Å². The van der Waals surface area contributed by atoms with E-state index in [2.05, 4.69) is 30.8 Å². The van der Waals surface area contributed by atoms with Crippen LogP contribution in [0.2, 0.25) is 0 Å². The summed E-state index contributed by atoms with van der Waals surface area (Å²) in [6, 6.07) is 15.4. The average Bonchev–Trinajstić information content (AvgIpc) is 3.06. The molecule has 2 aliphatic heterocycles. The molecule has 26 heavy (non-hydrogen) atoms. The standard InChI is InChI=1S/C21H24N2O3/c1-21-11-12-22(2)19(21)23(3)18-10-9-16(13-17(18)21)26-20(24)25-14-15-7-5-4-6-8-15/h4-10,13,19H,11-12,14H2,1-3H3/t19-,21+/m1/s1. The summed E-state index contributed by atoms with van der Waals surface area (Å²) in [6.45, 7) is 3.56. The number of fused-ring (bicyclic) bond motifs is 3. The van der Waals surface area contributed by atoms with Crippen molar-refractivity contribution in [1.29, 1.82) is 0 Å². The molecule has 0 aromatic heterocycles. The van der Waals surface area contributed by atoms with E-state index in [-0.39, 0.29) is 12.0 Å². The van der Waals surface area contributed by atoms with Gasteiger partial charge in [0.05, 0.1) is 6.17 Å². The molecule has 2 aromatic rings. The summed E-state index contributed by atoms with van der Waals surface area (Å²) in [5.74, 6) is 0.534. The first-order valence-corrected chi connectivity index (χ1v) is 8.95. The van der Waals surface area contributed by atoms with Gasteiger partial charge in [-0.3, -0.25) is 4.90 Å². The molecule has 5 heteroatoms. The number of ether oxygens (including phenoxy) is 2. The van der Waals surface area contributed by atoms with Crippen LogP contribution in [0.5, 0.6) is 5.75 Å². The zero-order valence-corrected chi connectivity index (χ0v) is 15.4. The van der Waals surface area contributed by atoms with Crippen molar-refractivity contribution < 1.29 is 14.3 Å². The lowest BCUT2D eigenvalue weighted by Crippen LogP contribution is -2.45. The summed E-state index contributed by atoms with van der Waals surface area (Å²) in [6.07, 6.45) is 0.760. The molecule has 0 amide bonds. The lowest BCUT2D eigenvalue weighted by atomic mass is 9.81. The van der Waals surface area contributed by atoms with Gasteiger partial charge in [0.15, 0.2) is 0 Å². The first-order chi connectivity index (χ1) is 12.5. The van der Waals surface area contributed by atoms with Gasteiger partial charge in [0.25, 0.3) is 0 Å². The fourth-order valence-electron chi connectivity index (χ4n) is 4.46. The molecule has 136 valence electrons. The third-order valence-corrected chi connectivity index (χ3v) is 5.70. The lowest BCUT2D eigenvalue weighted by molar-refractivity contribution is 0.0927. The highest BCUT2D eigenvalue weighted by molar-refractivity contribution is 5.69. The number of likely N-dealkylation sites (tertiary alicyclic amines) is 1. The maximum absolute atomic E-state index is 12.0. The minimum atomic E-state index is -0.676. The van der Waals surface area contributed by atoms with Crippen LogP contribution in [0, 0.1) is 0 Å². The minimum Gasteiger partial charge on any atom is -0.429 e. The zero-order chi connectivity index (χ0) is 18.3. The summed E-state index contributed by atoms with van der Waals surface area (Å²) in [7, 11) is 4.29. The quantitative estimate of drug-likeness (QED) is 0.621. The van der Waals surface area contributed by atoms with Crippen molar-refractivity contribution in [2.75, 3.05) is 25.5 Å². The highest BCUT2D eigenvalue weighted by Gasteiger charge is 2.52. The van der Waals surface area contributed by atoms with Crippen molar-refractivity contribution in [3.05, 3.63) is 59.7 Å². The summed E-state index contributed by atoms with van der Waals surface area (Å²) in [4.78, 5) is 16.7. The van der Waals surface area contributed by atoms with Gasteiger partial charge in [0, 0.05) is 24.7 Å². The topological polar surface area (TPSA) is 42.0 Å². The SMILES string of the molecule is CN1CC[C@@]2(C)c3cc(OC(=O)OCc4ccccc4)ccc3N(C)[C@@H]12. The Balaban J connectivity index is 1.48. The largest absolute Gasteiger partial charge is 0.514 e. The van der Waals surface area contributed by atoms with Gasteiger partial charge in [-0.15, -0.1) is 0 Å². The zero-order valence-electron chi connectivity index (χ0n) is 15.4. The van der Waals surface area contributed by atoms with Crippen LogP contribution in [0.1, 0.15) is 24.5 Å². The second kappa shape index (κ2) is 6.32. The number of benzene rings is 2. The van der Waals surface area contributed by atoms with E-state index in [4.69, 9.17) is 9.47 Å². The summed E-state index contributed by atoms with van der Waals surface area (Å²) < 4.78 is 10.6. The maximum atomic E-state index is 12.0. The Bertz CT molecular complexity index is 823. The van der Waals surface area contributed by atoms with Crippen LogP contribution in [0.3, 0.4) is 0 Å². The summed E-state index contributed by atoms with van der Waals surface area (Å²) in [5, 5.41) is 0. The Morgan fingerprint density at radius 3 is 2.73 bits per heavy atom. The van der Waals surface area contributed by atoms with E-state index in [1.54, 1.807) is 0 Å². The molecule has 1 fully saturated rings. The number of likely N-dealkylation sites (N-methyl/N-ethyl adjacent to an activating group) is 2. The van der Waals surface area contributed by atoms with E-state index in [0.29, 0.717) is 11.9 Å². The maximum Gasteiger partial charge on any atom is 0.514 e. The van der Waals surface area contributed by atoms with Crippen LogP contribution in [-0.4, -0.2) is 37.9 Å². The normalized spacial score (nSPS) is 24.3. The van der Waals surface area contributed by atoms with E-state index < -0.39 is 6.16 Å². The van der Waals surface area contributed by atoms with E-state index >= 15 is 0 Å². The van der Waals surface area contributed by atoms with Crippen LogP contribution in [0.15, 0.2) is 48.5 Å². The van der Waals surface area contributed by atoms with Crippen molar-refractivity contribution in [3.8, 4) is 5.75 Å². The van der Waals surface area contributed by atoms with Gasteiger partial charge in [-0.2, -0.15) is 0 Å². The molecule has 2 aromatic carbocycles. The molecular weight excluding hydrogens is 328 g/mol. The van der Waals surface area contributed by atoms with Gasteiger partial charge >= 0.3 is 6.16 Å². The predicted molar refractivity (Wildman–Crippen MR) is 100 cm³/mol. The number of carbonyl (C=O) groups is 1. The molecular formula is C21H24N2O3. The van der Waals surface area contributed by atoms with Crippen molar-refractivity contribution in [2.24, 2.45) is 0 Å². The number of rotatable bonds is 3. The smallest absolute Gasteiger partial charge is 0.429 e. The van der Waals surface area contributed by atoms with Gasteiger partial charge in [0.1, 0.15) is 12.4 Å². The number of hydrogen-bond acceptors (Lipinski definition) is 5. The van der Waals surface area contributed by atoms with Crippen molar-refractivity contribution in [1.82, 2.24) is 4.90 Å². The van der Waals surface area contributed by atoms with Crippen LogP contribution in [-0.2, 0) is 16.8 Å². The van der Waals surface area contributed by atoms with E-state index in [0.717, 1.165) is 18.5 Å². The van der Waals surface area contributed by atoms with Gasteiger partial charge < -0.3 is 14.4 Å². The molecule has 0 saturated carbocycles. The molecule has 4 rings (SSSR count). The molecule has 0 bridgehead atoms. The predicted octanol–water partition coefficient (Wildman–Crippen LogP) is 3.77. The lowest BCUT2D eigenvalue weighted by Gasteiger charge is -2.32. The molecule has 5 nitrogen and oxygen atoms in total. The van der Waals surface area contributed by atoms with Gasteiger partial charge in [-0.1, -0.05) is 37.3 Å². The number of nitrogens with zero attached hydrogens (tertiary/aromatic N) is 2. The Morgan fingerprint density at radius 1 is 1.19 bits per heavy atom. The summed E-state index contributed by atoms with van der Waals surface area (Å²) >= 11 is 0. The Hall–Kier alpha value is -2.53. The minimum absolute atomic E-state index is 0.0478. The molecule has 1 saturated heterocycles. The molecule has 0 N–H and O–H groups in total. The van der Waals surface area contributed by atoms with Gasteiger partial charge in [0.2, 0.25) is 0 Å². The molecule has 2 atom stereocenters. The average molecular weight is 352 g/mol. The fourth-order valence-corrected chi connectivity index (χ4v) is 4.46. The third kappa shape index (κ3) is 2.72. The van der Waals surface area contributed by atoms with E-state index in [1.807, 2.05) is 48.5 Å². The molecule has 0 unspecified atom stereocenters.